The highest BCUT2D eigenvalue weighted by Crippen LogP contribution is 2.36. The van der Waals surface area contributed by atoms with E-state index < -0.39 is 5.92 Å². The zero-order valence-electron chi connectivity index (χ0n) is 13.0. The molecular formula is C16H23F2N3O. The van der Waals surface area contributed by atoms with Crippen molar-refractivity contribution in [3.8, 4) is 0 Å². The maximum atomic E-state index is 13.1. The van der Waals surface area contributed by atoms with Crippen LogP contribution in [0.5, 0.6) is 0 Å². The molecule has 6 heteroatoms. The first-order valence-electron chi connectivity index (χ1n) is 7.54. The molecule has 4 nitrogen and oxygen atoms in total. The minimum Gasteiger partial charge on any atom is -0.397 e. The van der Waals surface area contributed by atoms with Crippen molar-refractivity contribution < 1.29 is 13.6 Å². The number of carbonyl (C=O) groups excluding carboxylic acids is 1. The van der Waals surface area contributed by atoms with Crippen LogP contribution in [0.25, 0.3) is 0 Å². The van der Waals surface area contributed by atoms with E-state index in [0.717, 1.165) is 11.4 Å². The van der Waals surface area contributed by atoms with Crippen LogP contribution in [0.1, 0.15) is 32.6 Å². The van der Waals surface area contributed by atoms with Crippen LogP contribution in [0.3, 0.4) is 0 Å². The summed E-state index contributed by atoms with van der Waals surface area (Å²) in [5.41, 5.74) is 8.05. The lowest BCUT2D eigenvalue weighted by atomic mass is 9.87. The second-order valence-corrected chi connectivity index (χ2v) is 6.03. The number of alkyl halides is 2. The number of carbonyl (C=O) groups is 1. The molecule has 1 saturated carbocycles. The second kappa shape index (κ2) is 6.50. The van der Waals surface area contributed by atoms with E-state index >= 15 is 0 Å². The van der Waals surface area contributed by atoms with Crippen LogP contribution < -0.4 is 16.0 Å². The molecule has 2 rings (SSSR count). The SMILES string of the molecule is CC(=O)N(C)c1ccc(NCC2CCC(F)(F)CC2)c(N)c1. The monoisotopic (exact) mass is 311 g/mol. The minimum absolute atomic E-state index is 0.0306. The fraction of sp³-hybridized carbons (Fsp3) is 0.562. The number of anilines is 3. The van der Waals surface area contributed by atoms with Crippen LogP contribution in [-0.4, -0.2) is 25.4 Å². The molecule has 0 heterocycles. The van der Waals surface area contributed by atoms with Crippen molar-refractivity contribution in [1.82, 2.24) is 0 Å². The second-order valence-electron chi connectivity index (χ2n) is 6.03. The molecule has 1 aliphatic rings. The molecule has 1 aliphatic carbocycles. The van der Waals surface area contributed by atoms with Crippen LogP contribution >= 0.6 is 0 Å². The standard InChI is InChI=1S/C16H23F2N3O/c1-11(22)21(2)13-3-4-15(14(19)9-13)20-10-12-5-7-16(17,18)8-6-12/h3-4,9,12,20H,5-8,10,19H2,1-2H3. The Bertz CT molecular complexity index is 538. The number of benzene rings is 1. The summed E-state index contributed by atoms with van der Waals surface area (Å²) < 4.78 is 26.2. The van der Waals surface area contributed by atoms with Crippen LogP contribution in [0.2, 0.25) is 0 Å². The molecule has 0 bridgehead atoms. The van der Waals surface area contributed by atoms with Crippen molar-refractivity contribution in [2.75, 3.05) is 29.5 Å². The first-order chi connectivity index (χ1) is 10.3. The molecule has 0 radical (unpaired) electrons. The number of nitrogen functional groups attached to an aromatic ring is 1. The van der Waals surface area contributed by atoms with Gasteiger partial charge >= 0.3 is 0 Å². The van der Waals surface area contributed by atoms with Gasteiger partial charge in [0.1, 0.15) is 0 Å². The van der Waals surface area contributed by atoms with Crippen molar-refractivity contribution >= 4 is 23.0 Å². The zero-order chi connectivity index (χ0) is 16.3. The van der Waals surface area contributed by atoms with E-state index in [1.807, 2.05) is 12.1 Å². The Kier molecular flexibility index (Phi) is 4.88. The number of rotatable bonds is 4. The Morgan fingerprint density at radius 1 is 1.41 bits per heavy atom. The van der Waals surface area contributed by atoms with Crippen LogP contribution in [0, 0.1) is 5.92 Å². The highest BCUT2D eigenvalue weighted by molar-refractivity contribution is 5.92. The van der Waals surface area contributed by atoms with Crippen molar-refractivity contribution in [3.63, 3.8) is 0 Å². The van der Waals surface area contributed by atoms with Crippen molar-refractivity contribution in [3.05, 3.63) is 18.2 Å². The number of nitrogens with zero attached hydrogens (tertiary/aromatic N) is 1. The summed E-state index contributed by atoms with van der Waals surface area (Å²) in [5, 5.41) is 3.23. The molecule has 1 aromatic carbocycles. The van der Waals surface area contributed by atoms with E-state index in [1.165, 1.54) is 11.8 Å². The minimum atomic E-state index is -2.49. The normalized spacial score (nSPS) is 18.0. The Morgan fingerprint density at radius 2 is 2.05 bits per heavy atom. The van der Waals surface area contributed by atoms with Gasteiger partial charge in [-0.15, -0.1) is 0 Å². The van der Waals surface area contributed by atoms with E-state index in [0.29, 0.717) is 25.1 Å². The molecule has 122 valence electrons. The smallest absolute Gasteiger partial charge is 0.248 e. The van der Waals surface area contributed by atoms with Gasteiger partial charge in [0.15, 0.2) is 0 Å². The van der Waals surface area contributed by atoms with Gasteiger partial charge in [0, 0.05) is 39.0 Å². The Labute approximate surface area is 129 Å². The molecule has 1 aromatic rings. The van der Waals surface area contributed by atoms with Crippen molar-refractivity contribution in [1.29, 1.82) is 0 Å². The van der Waals surface area contributed by atoms with E-state index in [4.69, 9.17) is 5.73 Å². The van der Waals surface area contributed by atoms with E-state index in [1.54, 1.807) is 13.1 Å². The fourth-order valence-corrected chi connectivity index (χ4v) is 2.66. The number of nitrogens with one attached hydrogen (secondary N) is 1. The quantitative estimate of drug-likeness (QED) is 0.837. The molecule has 0 aromatic heterocycles. The number of halogens is 2. The van der Waals surface area contributed by atoms with E-state index in [-0.39, 0.29) is 24.7 Å². The van der Waals surface area contributed by atoms with Gasteiger partial charge in [0.2, 0.25) is 11.8 Å². The third kappa shape index (κ3) is 4.08. The van der Waals surface area contributed by atoms with Crippen LogP contribution in [0.15, 0.2) is 18.2 Å². The predicted octanol–water partition coefficient (Wildman–Crippen LogP) is 3.49. The molecule has 0 spiro atoms. The van der Waals surface area contributed by atoms with Gasteiger partial charge in [-0.2, -0.15) is 0 Å². The topological polar surface area (TPSA) is 58.4 Å². The fourth-order valence-electron chi connectivity index (χ4n) is 2.66. The molecule has 1 amide bonds. The Balaban J connectivity index is 1.92. The molecular weight excluding hydrogens is 288 g/mol. The van der Waals surface area contributed by atoms with Gasteiger partial charge in [0.05, 0.1) is 11.4 Å². The predicted molar refractivity (Wildman–Crippen MR) is 85.3 cm³/mol. The summed E-state index contributed by atoms with van der Waals surface area (Å²) in [6, 6.07) is 5.37. The first kappa shape index (κ1) is 16.5. The molecule has 0 aliphatic heterocycles. The summed E-state index contributed by atoms with van der Waals surface area (Å²) in [7, 11) is 1.69. The number of nitrogens with two attached hydrogens (primary N) is 1. The zero-order valence-corrected chi connectivity index (χ0v) is 13.0. The lowest BCUT2D eigenvalue weighted by Gasteiger charge is -2.28. The van der Waals surface area contributed by atoms with Gasteiger partial charge in [0.25, 0.3) is 0 Å². The van der Waals surface area contributed by atoms with Crippen LogP contribution in [0.4, 0.5) is 25.8 Å². The Morgan fingerprint density at radius 3 is 2.59 bits per heavy atom. The summed E-state index contributed by atoms with van der Waals surface area (Å²) in [6.45, 7) is 2.13. The Hall–Kier alpha value is -1.85. The third-order valence-electron chi connectivity index (χ3n) is 4.31. The van der Waals surface area contributed by atoms with E-state index in [2.05, 4.69) is 5.32 Å². The van der Waals surface area contributed by atoms with Gasteiger partial charge in [-0.05, 0) is 37.0 Å². The van der Waals surface area contributed by atoms with Gasteiger partial charge in [-0.1, -0.05) is 0 Å². The van der Waals surface area contributed by atoms with Gasteiger partial charge in [-0.3, -0.25) is 4.79 Å². The highest BCUT2D eigenvalue weighted by Gasteiger charge is 2.34. The summed E-state index contributed by atoms with van der Waals surface area (Å²) >= 11 is 0. The molecule has 0 unspecified atom stereocenters. The number of amides is 1. The molecule has 22 heavy (non-hydrogen) atoms. The number of hydrogen-bond acceptors (Lipinski definition) is 3. The largest absolute Gasteiger partial charge is 0.397 e. The van der Waals surface area contributed by atoms with Crippen LogP contribution in [-0.2, 0) is 4.79 Å². The lowest BCUT2D eigenvalue weighted by molar-refractivity contribution is -0.116. The molecule has 3 N–H and O–H groups in total. The molecule has 0 atom stereocenters. The van der Waals surface area contributed by atoms with Gasteiger partial charge < -0.3 is 16.0 Å². The highest BCUT2D eigenvalue weighted by atomic mass is 19.3. The summed E-state index contributed by atoms with van der Waals surface area (Å²) in [4.78, 5) is 12.9. The molecule has 0 saturated heterocycles. The average molecular weight is 311 g/mol. The maximum Gasteiger partial charge on any atom is 0.248 e. The summed E-state index contributed by atoms with van der Waals surface area (Å²) in [6.07, 6.45) is 1.00. The lowest BCUT2D eigenvalue weighted by Crippen LogP contribution is -2.28. The average Bonchev–Trinajstić information content (AvgIpc) is 2.46. The maximum absolute atomic E-state index is 13.1. The van der Waals surface area contributed by atoms with Crippen molar-refractivity contribution in [2.45, 2.75) is 38.5 Å². The third-order valence-corrected chi connectivity index (χ3v) is 4.31. The summed E-state index contributed by atoms with van der Waals surface area (Å²) in [5.74, 6) is -2.31. The van der Waals surface area contributed by atoms with E-state index in [9.17, 15) is 13.6 Å². The van der Waals surface area contributed by atoms with Crippen molar-refractivity contribution in [2.24, 2.45) is 5.92 Å². The molecule has 1 fully saturated rings. The first-order valence-corrected chi connectivity index (χ1v) is 7.54. The van der Waals surface area contributed by atoms with Gasteiger partial charge in [-0.25, -0.2) is 8.78 Å². The number of hydrogen-bond donors (Lipinski definition) is 2.